The van der Waals surface area contributed by atoms with Gasteiger partial charge in [0.15, 0.2) is 5.82 Å². The molecular weight excluding hydrogens is 491 g/mol. The van der Waals surface area contributed by atoms with Crippen LogP contribution in [0.1, 0.15) is 16.2 Å². The third-order valence-corrected chi connectivity index (χ3v) is 6.93. The number of nitrogens with zero attached hydrogens (tertiary/aromatic N) is 3. The molecular formula is C24H22Cl2N6O3. The lowest BCUT2D eigenvalue weighted by molar-refractivity contribution is 0.102. The predicted octanol–water partition coefficient (Wildman–Crippen LogP) is 4.55. The number of aromatic nitrogens is 3. The lowest BCUT2D eigenvalue weighted by Crippen LogP contribution is -2.46. The van der Waals surface area contributed by atoms with Crippen LogP contribution < -0.4 is 20.9 Å². The minimum Gasteiger partial charge on any atom is -0.368 e. The molecule has 3 heterocycles. The zero-order valence-corrected chi connectivity index (χ0v) is 20.3. The minimum absolute atomic E-state index is 0.177. The van der Waals surface area contributed by atoms with E-state index >= 15 is 0 Å². The fourth-order valence-electron chi connectivity index (χ4n) is 4.16. The molecule has 1 amide bonds. The van der Waals surface area contributed by atoms with Crippen LogP contribution in [0.2, 0.25) is 10.0 Å². The average molecular weight is 513 g/mol. The predicted molar refractivity (Wildman–Crippen MR) is 137 cm³/mol. The second-order valence-corrected chi connectivity index (χ2v) is 8.95. The summed E-state index contributed by atoms with van der Waals surface area (Å²) in [6.07, 6.45) is 0. The number of benzene rings is 2. The van der Waals surface area contributed by atoms with Gasteiger partial charge in [-0.3, -0.25) is 14.3 Å². The number of para-hydroxylation sites is 1. The highest BCUT2D eigenvalue weighted by molar-refractivity contribution is 6.44. The number of carbonyl (C=O) groups excluding carboxylic acids is 1. The molecule has 4 aromatic rings. The number of carbonyl (C=O) groups is 1. The fourth-order valence-corrected chi connectivity index (χ4v) is 4.57. The monoisotopic (exact) mass is 512 g/mol. The molecule has 9 nitrogen and oxygen atoms in total. The van der Waals surface area contributed by atoms with E-state index in [4.69, 9.17) is 23.2 Å². The Hall–Kier alpha value is -3.69. The quantitative estimate of drug-likeness (QED) is 0.361. The molecule has 2 aromatic carbocycles. The van der Waals surface area contributed by atoms with Crippen LogP contribution in [-0.4, -0.2) is 47.2 Å². The van der Waals surface area contributed by atoms with Gasteiger partial charge in [0.25, 0.3) is 5.91 Å². The van der Waals surface area contributed by atoms with E-state index in [2.05, 4.69) is 46.9 Å². The Morgan fingerprint density at radius 1 is 1.00 bits per heavy atom. The molecule has 1 fully saturated rings. The van der Waals surface area contributed by atoms with Crippen LogP contribution in [-0.2, 0) is 0 Å². The molecule has 0 atom stereocenters. The highest BCUT2D eigenvalue weighted by Crippen LogP contribution is 2.34. The van der Waals surface area contributed by atoms with Gasteiger partial charge in [-0.05, 0) is 37.3 Å². The molecule has 0 saturated carbocycles. The number of halogens is 2. The van der Waals surface area contributed by atoms with Gasteiger partial charge in [0.1, 0.15) is 5.69 Å². The molecule has 0 radical (unpaired) electrons. The third kappa shape index (κ3) is 4.65. The SMILES string of the molecule is Cc1[nH]c(C(=O)Nc2ccc(-c3noc(=O)[nH]3)cc2N2CCN(c3ccccc3)CC2)c(Cl)c1Cl. The molecule has 2 aromatic heterocycles. The van der Waals surface area contributed by atoms with E-state index in [1.54, 1.807) is 19.1 Å². The first-order valence-corrected chi connectivity index (χ1v) is 11.8. The number of nitrogens with one attached hydrogen (secondary N) is 3. The second-order valence-electron chi connectivity index (χ2n) is 8.19. The molecule has 0 spiro atoms. The Bertz CT molecular complexity index is 1420. The van der Waals surface area contributed by atoms with Gasteiger partial charge in [-0.25, -0.2) is 4.79 Å². The molecule has 0 unspecified atom stereocenters. The number of hydrogen-bond acceptors (Lipinski definition) is 6. The van der Waals surface area contributed by atoms with E-state index in [1.807, 2.05) is 24.3 Å². The van der Waals surface area contributed by atoms with Crippen LogP contribution in [0.3, 0.4) is 0 Å². The first-order valence-electron chi connectivity index (χ1n) is 11.0. The number of anilines is 3. The van der Waals surface area contributed by atoms with Crippen LogP contribution >= 0.6 is 23.2 Å². The van der Waals surface area contributed by atoms with E-state index in [0.29, 0.717) is 27.8 Å². The third-order valence-electron chi connectivity index (χ3n) is 5.98. The summed E-state index contributed by atoms with van der Waals surface area (Å²) in [5.74, 6) is -0.729. The van der Waals surface area contributed by atoms with Gasteiger partial charge in [0, 0.05) is 43.1 Å². The van der Waals surface area contributed by atoms with Gasteiger partial charge in [-0.2, -0.15) is 0 Å². The normalized spacial score (nSPS) is 13.8. The van der Waals surface area contributed by atoms with E-state index in [-0.39, 0.29) is 10.7 Å². The van der Waals surface area contributed by atoms with Gasteiger partial charge in [0.2, 0.25) is 0 Å². The highest BCUT2D eigenvalue weighted by atomic mass is 35.5. The smallest absolute Gasteiger partial charge is 0.368 e. The Labute approximate surface area is 210 Å². The molecule has 5 rings (SSSR count). The molecule has 1 saturated heterocycles. The van der Waals surface area contributed by atoms with Crippen LogP contribution in [0.25, 0.3) is 11.4 Å². The minimum atomic E-state index is -0.635. The Kier molecular flexibility index (Phi) is 6.27. The fraction of sp³-hybridized carbons (Fsp3) is 0.208. The number of amides is 1. The van der Waals surface area contributed by atoms with Crippen LogP contribution in [0, 0.1) is 6.92 Å². The maximum Gasteiger partial charge on any atom is 0.439 e. The van der Waals surface area contributed by atoms with Crippen molar-refractivity contribution in [1.82, 2.24) is 15.1 Å². The Morgan fingerprint density at radius 2 is 1.71 bits per heavy atom. The van der Waals surface area contributed by atoms with Gasteiger partial charge >= 0.3 is 5.76 Å². The van der Waals surface area contributed by atoms with Crippen LogP contribution in [0.4, 0.5) is 17.1 Å². The molecule has 180 valence electrons. The Morgan fingerprint density at radius 3 is 2.34 bits per heavy atom. The molecule has 11 heteroatoms. The summed E-state index contributed by atoms with van der Waals surface area (Å²) in [5.41, 5.74) is 4.02. The molecule has 1 aliphatic heterocycles. The summed E-state index contributed by atoms with van der Waals surface area (Å²) in [6.45, 7) is 4.81. The molecule has 0 aliphatic carbocycles. The lowest BCUT2D eigenvalue weighted by atomic mass is 10.1. The van der Waals surface area contributed by atoms with Crippen molar-refractivity contribution in [3.63, 3.8) is 0 Å². The summed E-state index contributed by atoms with van der Waals surface area (Å²) in [4.78, 5) is 34.5. The largest absolute Gasteiger partial charge is 0.439 e. The molecule has 0 bridgehead atoms. The highest BCUT2D eigenvalue weighted by Gasteiger charge is 2.23. The number of aryl methyl sites for hydroxylation is 1. The standard InChI is InChI=1S/C24H22Cl2N6O3/c1-14-19(25)20(26)21(27-14)23(33)28-17-8-7-15(22-29-24(34)35-30-22)13-18(17)32-11-9-31(10-12-32)16-5-3-2-4-6-16/h2-8,13,27H,9-12H2,1H3,(H,28,33)(H,29,30,34). The lowest BCUT2D eigenvalue weighted by Gasteiger charge is -2.38. The molecule has 3 N–H and O–H groups in total. The van der Waals surface area contributed by atoms with Crippen molar-refractivity contribution < 1.29 is 9.32 Å². The van der Waals surface area contributed by atoms with E-state index in [9.17, 15) is 9.59 Å². The zero-order valence-electron chi connectivity index (χ0n) is 18.8. The molecule has 35 heavy (non-hydrogen) atoms. The van der Waals surface area contributed by atoms with Gasteiger partial charge in [-0.1, -0.05) is 46.6 Å². The van der Waals surface area contributed by atoms with Gasteiger partial charge < -0.3 is 20.1 Å². The van der Waals surface area contributed by atoms with E-state index in [0.717, 1.165) is 31.9 Å². The van der Waals surface area contributed by atoms with Crippen molar-refractivity contribution in [2.45, 2.75) is 6.92 Å². The van der Waals surface area contributed by atoms with Crippen molar-refractivity contribution in [3.8, 4) is 11.4 Å². The molecule has 1 aliphatic rings. The number of rotatable bonds is 5. The number of aromatic amines is 2. The van der Waals surface area contributed by atoms with Crippen molar-refractivity contribution in [1.29, 1.82) is 0 Å². The maximum atomic E-state index is 13.0. The van der Waals surface area contributed by atoms with E-state index < -0.39 is 11.7 Å². The van der Waals surface area contributed by atoms with Crippen LogP contribution in [0.15, 0.2) is 57.8 Å². The first kappa shape index (κ1) is 23.1. The summed E-state index contributed by atoms with van der Waals surface area (Å²) in [5, 5.41) is 7.24. The van der Waals surface area contributed by atoms with Gasteiger partial charge in [0.05, 0.1) is 21.4 Å². The summed E-state index contributed by atoms with van der Waals surface area (Å²) >= 11 is 12.4. The van der Waals surface area contributed by atoms with E-state index in [1.165, 1.54) is 5.69 Å². The Balaban J connectivity index is 1.44. The second kappa shape index (κ2) is 9.52. The summed E-state index contributed by atoms with van der Waals surface area (Å²) in [7, 11) is 0. The van der Waals surface area contributed by atoms with Gasteiger partial charge in [-0.15, -0.1) is 0 Å². The summed E-state index contributed by atoms with van der Waals surface area (Å²) < 4.78 is 4.66. The maximum absolute atomic E-state index is 13.0. The average Bonchev–Trinajstić information content (AvgIpc) is 3.43. The first-order chi connectivity index (χ1) is 16.9. The van der Waals surface area contributed by atoms with Crippen LogP contribution in [0.5, 0.6) is 0 Å². The number of hydrogen-bond donors (Lipinski definition) is 3. The van der Waals surface area contributed by atoms with Crippen molar-refractivity contribution in [2.75, 3.05) is 41.3 Å². The summed E-state index contributed by atoms with van der Waals surface area (Å²) in [6, 6.07) is 15.6. The van der Waals surface area contributed by atoms with Crippen molar-refractivity contribution >= 4 is 46.2 Å². The number of piperazine rings is 1. The zero-order chi connectivity index (χ0) is 24.5. The van der Waals surface area contributed by atoms with Crippen molar-refractivity contribution in [3.05, 3.63) is 80.5 Å². The topological polar surface area (TPSA) is 110 Å². The number of H-pyrrole nitrogens is 2. The van der Waals surface area contributed by atoms with Crippen molar-refractivity contribution in [2.24, 2.45) is 0 Å².